The van der Waals surface area contributed by atoms with Crippen LogP contribution in [-0.4, -0.2) is 7.69 Å². The van der Waals surface area contributed by atoms with Crippen molar-refractivity contribution in [1.29, 1.82) is 0 Å². The second-order valence-electron chi connectivity index (χ2n) is 3.10. The Morgan fingerprint density at radius 2 is 1.31 bits per heavy atom. The van der Waals surface area contributed by atoms with Crippen LogP contribution in [0.1, 0.15) is 0 Å². The molecule has 0 aliphatic rings. The van der Waals surface area contributed by atoms with Gasteiger partial charge in [0.2, 0.25) is 0 Å². The molecule has 2 rings (SSSR count). The third kappa shape index (κ3) is 3.02. The van der Waals surface area contributed by atoms with Crippen LogP contribution < -0.4 is 9.31 Å². The molecular formula is C12H9BFO2. The summed E-state index contributed by atoms with van der Waals surface area (Å²) in [5, 5.41) is 0. The molecule has 2 aromatic rings. The molecule has 79 valence electrons. The van der Waals surface area contributed by atoms with Gasteiger partial charge < -0.3 is 9.31 Å². The van der Waals surface area contributed by atoms with Crippen molar-refractivity contribution in [3.8, 4) is 11.5 Å². The maximum atomic E-state index is 12.6. The molecule has 0 spiro atoms. The Labute approximate surface area is 93.9 Å². The van der Waals surface area contributed by atoms with Crippen molar-refractivity contribution in [1.82, 2.24) is 0 Å². The lowest BCUT2D eigenvalue weighted by atomic mass is 10.3. The van der Waals surface area contributed by atoms with Gasteiger partial charge in [-0.1, -0.05) is 18.2 Å². The molecule has 0 aliphatic heterocycles. The summed E-state index contributed by atoms with van der Waals surface area (Å²) in [7, 11) is 1.21. The van der Waals surface area contributed by atoms with Crippen LogP contribution in [0.4, 0.5) is 4.39 Å². The van der Waals surface area contributed by atoms with Crippen molar-refractivity contribution in [3.05, 3.63) is 60.4 Å². The molecule has 0 bridgehead atoms. The number of hydrogen-bond donors (Lipinski definition) is 0. The predicted molar refractivity (Wildman–Crippen MR) is 59.9 cm³/mol. The molecule has 0 heterocycles. The van der Waals surface area contributed by atoms with Crippen molar-refractivity contribution < 1.29 is 13.7 Å². The molecule has 1 radical (unpaired) electrons. The third-order valence-corrected chi connectivity index (χ3v) is 1.93. The van der Waals surface area contributed by atoms with Gasteiger partial charge in [-0.2, -0.15) is 0 Å². The van der Waals surface area contributed by atoms with Crippen molar-refractivity contribution in [2.75, 3.05) is 0 Å². The first-order chi connectivity index (χ1) is 7.84. The Balaban J connectivity index is 1.82. The van der Waals surface area contributed by atoms with E-state index in [0.29, 0.717) is 11.5 Å². The molecule has 0 fully saturated rings. The minimum Gasteiger partial charge on any atom is -0.526 e. The fourth-order valence-electron chi connectivity index (χ4n) is 1.15. The van der Waals surface area contributed by atoms with E-state index < -0.39 is 0 Å². The van der Waals surface area contributed by atoms with Crippen LogP contribution in [0.15, 0.2) is 54.6 Å². The van der Waals surface area contributed by atoms with Crippen molar-refractivity contribution in [2.45, 2.75) is 0 Å². The quantitative estimate of drug-likeness (QED) is 0.730. The number of benzene rings is 2. The molecule has 0 aromatic heterocycles. The summed E-state index contributed by atoms with van der Waals surface area (Å²) >= 11 is 0. The molecule has 0 saturated carbocycles. The summed E-state index contributed by atoms with van der Waals surface area (Å²) in [5.41, 5.74) is 0. The lowest BCUT2D eigenvalue weighted by molar-refractivity contribution is 0.458. The normalized spacial score (nSPS) is 9.56. The molecular weight excluding hydrogens is 206 g/mol. The van der Waals surface area contributed by atoms with Gasteiger partial charge in [0.1, 0.15) is 17.3 Å². The van der Waals surface area contributed by atoms with E-state index in [1.807, 2.05) is 30.3 Å². The van der Waals surface area contributed by atoms with Gasteiger partial charge in [-0.25, -0.2) is 4.39 Å². The van der Waals surface area contributed by atoms with Gasteiger partial charge in [0.05, 0.1) is 0 Å². The molecule has 0 atom stereocenters. The molecule has 0 amide bonds. The minimum absolute atomic E-state index is 0.295. The molecule has 2 aromatic carbocycles. The average molecular weight is 215 g/mol. The topological polar surface area (TPSA) is 18.5 Å². The van der Waals surface area contributed by atoms with E-state index in [4.69, 9.17) is 9.31 Å². The SMILES string of the molecule is Fc1ccc(O[B]Oc2ccccc2)cc1. The van der Waals surface area contributed by atoms with E-state index in [9.17, 15) is 4.39 Å². The average Bonchev–Trinajstić information content (AvgIpc) is 2.33. The molecule has 0 saturated heterocycles. The lowest BCUT2D eigenvalue weighted by Crippen LogP contribution is -2.10. The standard InChI is InChI=1S/C12H9BFO2/c14-10-6-8-12(9-7-10)16-13-15-11-4-2-1-3-5-11/h1-9H. The Bertz CT molecular complexity index is 431. The first kappa shape index (κ1) is 10.5. The van der Waals surface area contributed by atoms with Crippen LogP contribution in [0.25, 0.3) is 0 Å². The van der Waals surface area contributed by atoms with Crippen LogP contribution in [0, 0.1) is 5.82 Å². The Kier molecular flexibility index (Phi) is 3.44. The molecule has 0 N–H and O–H groups in total. The van der Waals surface area contributed by atoms with Gasteiger partial charge in [-0.05, 0) is 36.4 Å². The highest BCUT2D eigenvalue weighted by Crippen LogP contribution is 2.12. The van der Waals surface area contributed by atoms with E-state index in [1.165, 1.54) is 32.0 Å². The minimum atomic E-state index is -0.295. The van der Waals surface area contributed by atoms with Crippen molar-refractivity contribution >= 4 is 7.69 Å². The highest BCUT2D eigenvalue weighted by molar-refractivity contribution is 6.20. The van der Waals surface area contributed by atoms with E-state index >= 15 is 0 Å². The van der Waals surface area contributed by atoms with Gasteiger partial charge in [0.25, 0.3) is 0 Å². The van der Waals surface area contributed by atoms with Crippen molar-refractivity contribution in [2.24, 2.45) is 0 Å². The zero-order valence-electron chi connectivity index (χ0n) is 8.47. The lowest BCUT2D eigenvalue weighted by Gasteiger charge is -2.05. The van der Waals surface area contributed by atoms with Crippen LogP contribution in [0.5, 0.6) is 11.5 Å². The van der Waals surface area contributed by atoms with Gasteiger partial charge in [-0.3, -0.25) is 0 Å². The van der Waals surface area contributed by atoms with Crippen LogP contribution in [-0.2, 0) is 0 Å². The van der Waals surface area contributed by atoms with Crippen molar-refractivity contribution in [3.63, 3.8) is 0 Å². The monoisotopic (exact) mass is 215 g/mol. The fourth-order valence-corrected chi connectivity index (χ4v) is 1.15. The molecule has 4 heteroatoms. The smallest absolute Gasteiger partial charge is 0.526 e. The summed E-state index contributed by atoms with van der Waals surface area (Å²) in [5.74, 6) is 0.915. The van der Waals surface area contributed by atoms with E-state index in [-0.39, 0.29) is 5.82 Å². The molecule has 2 nitrogen and oxygen atoms in total. The van der Waals surface area contributed by atoms with Gasteiger partial charge in [0, 0.05) is 0 Å². The zero-order chi connectivity index (χ0) is 11.2. The van der Waals surface area contributed by atoms with Crippen LogP contribution in [0.3, 0.4) is 0 Å². The Morgan fingerprint density at radius 3 is 1.94 bits per heavy atom. The summed E-state index contributed by atoms with van der Waals surface area (Å²) in [6, 6.07) is 14.9. The summed E-state index contributed by atoms with van der Waals surface area (Å²) in [6.45, 7) is 0. The van der Waals surface area contributed by atoms with E-state index in [1.54, 1.807) is 0 Å². The first-order valence-corrected chi connectivity index (χ1v) is 4.80. The summed E-state index contributed by atoms with van der Waals surface area (Å²) in [6.07, 6.45) is 0. The number of rotatable bonds is 4. The Hall–Kier alpha value is -1.97. The highest BCUT2D eigenvalue weighted by atomic mass is 19.1. The first-order valence-electron chi connectivity index (χ1n) is 4.80. The van der Waals surface area contributed by atoms with Gasteiger partial charge in [0.15, 0.2) is 0 Å². The molecule has 16 heavy (non-hydrogen) atoms. The van der Waals surface area contributed by atoms with Crippen LogP contribution >= 0.6 is 0 Å². The summed E-state index contributed by atoms with van der Waals surface area (Å²) < 4.78 is 22.9. The summed E-state index contributed by atoms with van der Waals surface area (Å²) in [4.78, 5) is 0. The third-order valence-electron chi connectivity index (χ3n) is 1.93. The van der Waals surface area contributed by atoms with Gasteiger partial charge in [-0.15, -0.1) is 0 Å². The second-order valence-corrected chi connectivity index (χ2v) is 3.10. The Morgan fingerprint density at radius 1 is 0.750 bits per heavy atom. The zero-order valence-corrected chi connectivity index (χ0v) is 8.47. The fraction of sp³-hybridized carbons (Fsp3) is 0. The van der Waals surface area contributed by atoms with Gasteiger partial charge >= 0.3 is 7.69 Å². The molecule has 0 unspecified atom stereocenters. The number of hydrogen-bond acceptors (Lipinski definition) is 2. The predicted octanol–water partition coefficient (Wildman–Crippen LogP) is 2.82. The maximum absolute atomic E-state index is 12.6. The van der Waals surface area contributed by atoms with E-state index in [0.717, 1.165) is 0 Å². The van der Waals surface area contributed by atoms with E-state index in [2.05, 4.69) is 0 Å². The maximum Gasteiger partial charge on any atom is 0.658 e. The second kappa shape index (κ2) is 5.21. The number of para-hydroxylation sites is 1. The van der Waals surface area contributed by atoms with Crippen LogP contribution in [0.2, 0.25) is 0 Å². The largest absolute Gasteiger partial charge is 0.658 e. The highest BCUT2D eigenvalue weighted by Gasteiger charge is 2.00. The number of halogens is 1. The molecule has 0 aliphatic carbocycles.